The summed E-state index contributed by atoms with van der Waals surface area (Å²) >= 11 is 0. The van der Waals surface area contributed by atoms with Crippen LogP contribution in [0.15, 0.2) is 6.07 Å². The van der Waals surface area contributed by atoms with E-state index in [9.17, 15) is 9.59 Å². The lowest BCUT2D eigenvalue weighted by atomic mass is 9.68. The Hall–Kier alpha value is -1.89. The number of aromatic nitrogens is 2. The summed E-state index contributed by atoms with van der Waals surface area (Å²) in [6.07, 6.45) is 4.44. The first-order chi connectivity index (χ1) is 11.7. The number of aryl methyl sites for hydroxylation is 1. The number of hydrogen-bond acceptors (Lipinski definition) is 4. The molecule has 1 saturated heterocycles. The summed E-state index contributed by atoms with van der Waals surface area (Å²) in [6, 6.07) is 2.05. The molecular formula is C18H29N5O2. The Morgan fingerprint density at radius 3 is 2.76 bits per heavy atom. The molecule has 138 valence electrons. The molecule has 2 aliphatic rings. The number of amides is 2. The van der Waals surface area contributed by atoms with Gasteiger partial charge in [-0.3, -0.25) is 9.59 Å². The third kappa shape index (κ3) is 3.71. The minimum atomic E-state index is -0.200. The molecule has 2 heterocycles. The Morgan fingerprint density at radius 1 is 1.44 bits per heavy atom. The molecule has 2 amide bonds. The van der Waals surface area contributed by atoms with Crippen LogP contribution >= 0.6 is 0 Å². The molecule has 1 aliphatic heterocycles. The van der Waals surface area contributed by atoms with Gasteiger partial charge in [-0.15, -0.1) is 0 Å². The first-order valence-electron chi connectivity index (χ1n) is 9.11. The van der Waals surface area contributed by atoms with Crippen LogP contribution in [0.3, 0.4) is 0 Å². The van der Waals surface area contributed by atoms with Gasteiger partial charge >= 0.3 is 0 Å². The average molecular weight is 347 g/mol. The second-order valence-corrected chi connectivity index (χ2v) is 8.33. The molecule has 1 saturated carbocycles. The van der Waals surface area contributed by atoms with Crippen LogP contribution in [0.5, 0.6) is 0 Å². The van der Waals surface area contributed by atoms with Crippen LogP contribution in [-0.2, 0) is 15.1 Å². The van der Waals surface area contributed by atoms with Crippen LogP contribution in [0.4, 0.5) is 5.82 Å². The second-order valence-electron chi connectivity index (χ2n) is 8.33. The molecule has 3 rings (SSSR count). The number of nitrogens with one attached hydrogen (secondary N) is 3. The van der Waals surface area contributed by atoms with Crippen LogP contribution in [-0.4, -0.2) is 39.7 Å². The largest absolute Gasteiger partial charge is 0.349 e. The van der Waals surface area contributed by atoms with E-state index in [2.05, 4.69) is 41.8 Å². The maximum absolute atomic E-state index is 12.4. The van der Waals surface area contributed by atoms with Crippen LogP contribution < -0.4 is 16.0 Å². The fourth-order valence-electron chi connectivity index (χ4n) is 3.81. The van der Waals surface area contributed by atoms with E-state index < -0.39 is 0 Å². The van der Waals surface area contributed by atoms with Crippen molar-refractivity contribution >= 4 is 17.6 Å². The van der Waals surface area contributed by atoms with Crippen molar-refractivity contribution in [2.75, 3.05) is 11.9 Å². The van der Waals surface area contributed by atoms with E-state index >= 15 is 0 Å². The van der Waals surface area contributed by atoms with Crippen molar-refractivity contribution in [3.05, 3.63) is 11.8 Å². The highest BCUT2D eigenvalue weighted by atomic mass is 16.2. The van der Waals surface area contributed by atoms with Crippen molar-refractivity contribution < 1.29 is 9.59 Å². The van der Waals surface area contributed by atoms with E-state index in [0.29, 0.717) is 12.2 Å². The van der Waals surface area contributed by atoms with Crippen molar-refractivity contribution in [3.8, 4) is 0 Å². The smallest absolute Gasteiger partial charge is 0.239 e. The first-order valence-corrected chi connectivity index (χ1v) is 9.11. The molecule has 0 aromatic carbocycles. The molecule has 7 heteroatoms. The van der Waals surface area contributed by atoms with Crippen LogP contribution in [0.1, 0.15) is 58.6 Å². The van der Waals surface area contributed by atoms with Gasteiger partial charge in [0.2, 0.25) is 11.8 Å². The number of anilines is 1. The highest BCUT2D eigenvalue weighted by Gasteiger charge is 2.47. The quantitative estimate of drug-likeness (QED) is 0.773. The van der Waals surface area contributed by atoms with E-state index in [0.717, 1.165) is 31.4 Å². The maximum atomic E-state index is 12.4. The zero-order valence-electron chi connectivity index (χ0n) is 15.6. The molecule has 25 heavy (non-hydrogen) atoms. The summed E-state index contributed by atoms with van der Waals surface area (Å²) in [5.41, 5.74) is 0.537. The number of nitrogens with zero attached hydrogens (tertiary/aromatic N) is 2. The van der Waals surface area contributed by atoms with Gasteiger partial charge in [-0.25, -0.2) is 4.68 Å². The first kappa shape index (κ1) is 17.9. The third-order valence-electron chi connectivity index (χ3n) is 5.20. The standard InChI is InChI=1S/C18H29N5O2/c1-12-10-14(23(22-12)17(2,3)4)20-16(25)11-19-13-6-7-15(24)21-18(13)8-5-9-18/h10,13,19H,5-9,11H2,1-4H3,(H,20,25)(H,21,24)/t13-/m1/s1. The number of carbonyl (C=O) groups excluding carboxylic acids is 2. The van der Waals surface area contributed by atoms with E-state index in [-0.39, 0.29) is 35.5 Å². The monoisotopic (exact) mass is 347 g/mol. The highest BCUT2D eigenvalue weighted by Crippen LogP contribution is 2.38. The summed E-state index contributed by atoms with van der Waals surface area (Å²) in [5.74, 6) is 0.760. The van der Waals surface area contributed by atoms with Gasteiger partial charge in [0.25, 0.3) is 0 Å². The van der Waals surface area contributed by atoms with E-state index in [1.165, 1.54) is 0 Å². The van der Waals surface area contributed by atoms with Crippen LogP contribution in [0, 0.1) is 6.92 Å². The van der Waals surface area contributed by atoms with Gasteiger partial charge in [-0.05, 0) is 53.4 Å². The summed E-state index contributed by atoms with van der Waals surface area (Å²) in [4.78, 5) is 24.1. The molecular weight excluding hydrogens is 318 g/mol. The zero-order chi connectivity index (χ0) is 18.2. The van der Waals surface area contributed by atoms with Crippen molar-refractivity contribution in [2.45, 2.75) is 76.9 Å². The van der Waals surface area contributed by atoms with Crippen molar-refractivity contribution in [1.29, 1.82) is 0 Å². The summed E-state index contributed by atoms with van der Waals surface area (Å²) in [7, 11) is 0. The molecule has 3 N–H and O–H groups in total. The van der Waals surface area contributed by atoms with Gasteiger partial charge in [-0.1, -0.05) is 0 Å². The lowest BCUT2D eigenvalue weighted by molar-refractivity contribution is -0.128. The minimum Gasteiger partial charge on any atom is -0.349 e. The minimum absolute atomic E-state index is 0.0863. The van der Waals surface area contributed by atoms with E-state index in [1.54, 1.807) is 0 Å². The molecule has 7 nitrogen and oxygen atoms in total. The van der Waals surface area contributed by atoms with Gasteiger partial charge < -0.3 is 16.0 Å². The summed E-state index contributed by atoms with van der Waals surface area (Å²) in [5, 5.41) is 13.9. The van der Waals surface area contributed by atoms with Crippen molar-refractivity contribution in [3.63, 3.8) is 0 Å². The Kier molecular flexibility index (Phi) is 4.62. The number of rotatable bonds is 4. The fraction of sp³-hybridized carbons (Fsp3) is 0.722. The Labute approximate surface area is 148 Å². The molecule has 0 radical (unpaired) electrons. The molecule has 2 fully saturated rings. The van der Waals surface area contributed by atoms with Crippen molar-refractivity contribution in [1.82, 2.24) is 20.4 Å². The zero-order valence-corrected chi connectivity index (χ0v) is 15.6. The lowest BCUT2D eigenvalue weighted by Gasteiger charge is -2.51. The lowest BCUT2D eigenvalue weighted by Crippen LogP contribution is -2.68. The molecule has 1 spiro atoms. The van der Waals surface area contributed by atoms with E-state index in [4.69, 9.17) is 0 Å². The predicted octanol–water partition coefficient (Wildman–Crippen LogP) is 1.68. The fourth-order valence-corrected chi connectivity index (χ4v) is 3.81. The second kappa shape index (κ2) is 6.44. The third-order valence-corrected chi connectivity index (χ3v) is 5.20. The molecule has 1 aromatic rings. The molecule has 0 bridgehead atoms. The molecule has 1 atom stereocenters. The topological polar surface area (TPSA) is 88.0 Å². The van der Waals surface area contributed by atoms with Gasteiger partial charge in [0, 0.05) is 18.5 Å². The maximum Gasteiger partial charge on any atom is 0.239 e. The normalized spacial score (nSPS) is 22.4. The van der Waals surface area contributed by atoms with Crippen LogP contribution in [0.25, 0.3) is 0 Å². The van der Waals surface area contributed by atoms with E-state index in [1.807, 2.05) is 17.7 Å². The SMILES string of the molecule is Cc1cc(NC(=O)CN[C@@H]2CCC(=O)NC23CCC3)n(C(C)(C)C)n1. The molecule has 1 aromatic heterocycles. The molecule has 1 aliphatic carbocycles. The number of carbonyl (C=O) groups is 2. The van der Waals surface area contributed by atoms with Crippen molar-refractivity contribution in [2.24, 2.45) is 0 Å². The Balaban J connectivity index is 1.59. The average Bonchev–Trinajstić information content (AvgIpc) is 2.85. The highest BCUT2D eigenvalue weighted by molar-refractivity contribution is 5.91. The van der Waals surface area contributed by atoms with Gasteiger partial charge in [0.15, 0.2) is 0 Å². The van der Waals surface area contributed by atoms with Gasteiger partial charge in [-0.2, -0.15) is 5.10 Å². The number of piperidine rings is 1. The summed E-state index contributed by atoms with van der Waals surface area (Å²) < 4.78 is 1.84. The van der Waals surface area contributed by atoms with Crippen LogP contribution in [0.2, 0.25) is 0 Å². The Morgan fingerprint density at radius 2 is 2.16 bits per heavy atom. The predicted molar refractivity (Wildman–Crippen MR) is 96.3 cm³/mol. The van der Waals surface area contributed by atoms with Gasteiger partial charge in [0.05, 0.1) is 23.3 Å². The number of hydrogen-bond donors (Lipinski definition) is 3. The van der Waals surface area contributed by atoms with Gasteiger partial charge in [0.1, 0.15) is 5.82 Å². The molecule has 0 unspecified atom stereocenters. The Bertz CT molecular complexity index is 669. The summed E-state index contributed by atoms with van der Waals surface area (Å²) in [6.45, 7) is 8.31.